The van der Waals surface area contributed by atoms with Crippen molar-refractivity contribution in [3.63, 3.8) is 0 Å². The number of halogens is 4. The summed E-state index contributed by atoms with van der Waals surface area (Å²) in [5.74, 6) is 0.820. The molecule has 0 saturated heterocycles. The molecule has 0 aliphatic rings. The fourth-order valence-electron chi connectivity index (χ4n) is 3.61. The first kappa shape index (κ1) is 25.0. The number of furan rings is 1. The van der Waals surface area contributed by atoms with Gasteiger partial charge in [0.2, 0.25) is 0 Å². The molecule has 0 radical (unpaired) electrons. The monoisotopic (exact) mass is 569 g/mol. The number of para-hydroxylation sites is 1. The number of sulfonamides is 1. The number of nitrogens with zero attached hydrogens (tertiary/aromatic N) is 2. The summed E-state index contributed by atoms with van der Waals surface area (Å²) in [6.07, 6.45) is 2.95. The van der Waals surface area contributed by atoms with Gasteiger partial charge in [-0.15, -0.1) is 0 Å². The molecule has 12 heteroatoms. The summed E-state index contributed by atoms with van der Waals surface area (Å²) < 4.78 is 71.6. The fraction of sp³-hybridized carbons (Fsp3) is 0.217. The van der Waals surface area contributed by atoms with Gasteiger partial charge in [0.15, 0.2) is 5.76 Å². The van der Waals surface area contributed by atoms with Crippen molar-refractivity contribution in [3.8, 4) is 11.3 Å². The third kappa shape index (κ3) is 4.98. The summed E-state index contributed by atoms with van der Waals surface area (Å²) in [4.78, 5) is 16.7. The molecule has 0 fully saturated rings. The maximum atomic E-state index is 12.9. The van der Waals surface area contributed by atoms with Gasteiger partial charge in [0.25, 0.3) is 5.56 Å². The van der Waals surface area contributed by atoms with Crippen LogP contribution in [0.3, 0.4) is 0 Å². The molecule has 0 bridgehead atoms. The number of benzene rings is 2. The normalized spacial score (nSPS) is 12.3. The van der Waals surface area contributed by atoms with Crippen molar-refractivity contribution in [2.45, 2.75) is 31.8 Å². The Kier molecular flexibility index (Phi) is 6.78. The van der Waals surface area contributed by atoms with Crippen molar-refractivity contribution in [2.24, 2.45) is 0 Å². The summed E-state index contributed by atoms with van der Waals surface area (Å²) >= 11 is 3.44. The predicted octanol–water partition coefficient (Wildman–Crippen LogP) is 5.68. The van der Waals surface area contributed by atoms with Crippen LogP contribution in [0.2, 0.25) is 0 Å². The van der Waals surface area contributed by atoms with Crippen LogP contribution in [0.15, 0.2) is 68.4 Å². The molecule has 2 heterocycles. The van der Waals surface area contributed by atoms with E-state index in [0.717, 1.165) is 12.0 Å². The maximum absolute atomic E-state index is 12.9. The van der Waals surface area contributed by atoms with Gasteiger partial charge in [0.05, 0.1) is 16.7 Å². The van der Waals surface area contributed by atoms with E-state index in [1.807, 2.05) is 6.92 Å². The lowest BCUT2D eigenvalue weighted by Crippen LogP contribution is -2.30. The molecular formula is C23H19BrF3N3O4S. The van der Waals surface area contributed by atoms with Crippen molar-refractivity contribution in [1.82, 2.24) is 9.55 Å². The highest BCUT2D eigenvalue weighted by molar-refractivity contribution is 9.10. The lowest BCUT2D eigenvalue weighted by atomic mass is 10.1. The van der Waals surface area contributed by atoms with Crippen LogP contribution in [0, 0.1) is 0 Å². The lowest BCUT2D eigenvalue weighted by Gasteiger charge is -2.13. The second-order valence-electron chi connectivity index (χ2n) is 7.71. The van der Waals surface area contributed by atoms with E-state index in [-0.39, 0.29) is 29.1 Å². The second kappa shape index (κ2) is 9.50. The van der Waals surface area contributed by atoms with E-state index < -0.39 is 15.5 Å². The minimum atomic E-state index is -5.62. The largest absolute Gasteiger partial charge is 0.516 e. The minimum absolute atomic E-state index is 0.124. The van der Waals surface area contributed by atoms with Gasteiger partial charge in [0.1, 0.15) is 11.4 Å². The number of alkyl halides is 3. The number of hydrogen-bond donors (Lipinski definition) is 1. The molecule has 0 atom stereocenters. The number of nitrogens with one attached hydrogen (secondary N) is 1. The molecule has 0 aliphatic carbocycles. The number of aromatic nitrogens is 2. The Balaban J connectivity index is 1.75. The first-order valence-corrected chi connectivity index (χ1v) is 12.7. The van der Waals surface area contributed by atoms with Crippen LogP contribution < -0.4 is 10.3 Å². The summed E-state index contributed by atoms with van der Waals surface area (Å²) in [5, 5.41) is 0.611. The van der Waals surface area contributed by atoms with Crippen LogP contribution in [0.25, 0.3) is 22.3 Å². The highest BCUT2D eigenvalue weighted by atomic mass is 79.9. The topological polar surface area (TPSA) is 94.2 Å². The fourth-order valence-corrected chi connectivity index (χ4v) is 4.80. The van der Waals surface area contributed by atoms with Gasteiger partial charge in [-0.25, -0.2) is 4.98 Å². The van der Waals surface area contributed by atoms with Gasteiger partial charge >= 0.3 is 15.5 Å². The molecule has 2 aromatic heterocycles. The Hall–Kier alpha value is -3.12. The lowest BCUT2D eigenvalue weighted by molar-refractivity contribution is -0.0429. The zero-order valence-corrected chi connectivity index (χ0v) is 20.7. The average Bonchev–Trinajstić information content (AvgIpc) is 3.11. The first-order chi connectivity index (χ1) is 16.5. The molecule has 184 valence electrons. The molecule has 1 N–H and O–H groups in total. The molecule has 2 aromatic carbocycles. The average molecular weight is 570 g/mol. The number of fused-ring (bicyclic) bond motifs is 1. The summed E-state index contributed by atoms with van der Waals surface area (Å²) in [6.45, 7) is 2.26. The molecule has 0 aliphatic heterocycles. The minimum Gasteiger partial charge on any atom is -0.455 e. The van der Waals surface area contributed by atoms with E-state index in [2.05, 4.69) is 20.9 Å². The number of hydrogen-bond acceptors (Lipinski definition) is 5. The van der Waals surface area contributed by atoms with Gasteiger partial charge in [-0.2, -0.15) is 21.6 Å². The van der Waals surface area contributed by atoms with Gasteiger partial charge in [-0.3, -0.25) is 14.1 Å². The molecule has 4 rings (SSSR count). The molecule has 0 amide bonds. The van der Waals surface area contributed by atoms with E-state index in [9.17, 15) is 26.4 Å². The van der Waals surface area contributed by atoms with Crippen LogP contribution in [0.1, 0.15) is 24.7 Å². The summed E-state index contributed by atoms with van der Waals surface area (Å²) in [7, 11) is -5.62. The Morgan fingerprint density at radius 2 is 1.89 bits per heavy atom. The van der Waals surface area contributed by atoms with Crippen molar-refractivity contribution < 1.29 is 26.0 Å². The molecule has 0 spiro atoms. The van der Waals surface area contributed by atoms with E-state index in [1.54, 1.807) is 33.6 Å². The number of anilines is 1. The SMILES string of the molecule is CCCc1nccc(=O)n1Cc1ccc2oc(-c3ccccc3NS(=O)(=O)C(F)(F)F)c(Br)c2c1. The quantitative estimate of drug-likeness (QED) is 0.309. The van der Waals surface area contributed by atoms with Gasteiger partial charge < -0.3 is 4.42 Å². The summed E-state index contributed by atoms with van der Waals surface area (Å²) in [5.41, 5.74) is -4.60. The second-order valence-corrected chi connectivity index (χ2v) is 10.2. The summed E-state index contributed by atoms with van der Waals surface area (Å²) in [6, 6.07) is 12.3. The Morgan fingerprint density at radius 1 is 1.14 bits per heavy atom. The van der Waals surface area contributed by atoms with Crippen molar-refractivity contribution in [1.29, 1.82) is 0 Å². The predicted molar refractivity (Wildman–Crippen MR) is 130 cm³/mol. The Bertz CT molecular complexity index is 1560. The standard InChI is InChI=1S/C23H19BrF3N3O4S/c1-2-5-19-28-11-10-20(31)30(19)13-14-8-9-18-16(12-14)21(24)22(34-18)15-6-3-4-7-17(15)29-35(32,33)23(25,26)27/h3-4,6-12,29H,2,5,13H2,1H3. The van der Waals surface area contributed by atoms with Crippen LogP contribution in [-0.4, -0.2) is 23.5 Å². The molecule has 4 aromatic rings. The van der Waals surface area contributed by atoms with Crippen molar-refractivity contribution in [3.05, 3.63) is 80.9 Å². The van der Waals surface area contributed by atoms with Crippen LogP contribution in [0.5, 0.6) is 0 Å². The van der Waals surface area contributed by atoms with Crippen LogP contribution >= 0.6 is 15.9 Å². The van der Waals surface area contributed by atoms with E-state index in [4.69, 9.17) is 4.42 Å². The van der Waals surface area contributed by atoms with Crippen molar-refractivity contribution in [2.75, 3.05) is 4.72 Å². The highest BCUT2D eigenvalue weighted by Crippen LogP contribution is 2.41. The molecule has 0 saturated carbocycles. The van der Waals surface area contributed by atoms with Crippen molar-refractivity contribution >= 4 is 42.6 Å². The molecule has 35 heavy (non-hydrogen) atoms. The van der Waals surface area contributed by atoms with Crippen LogP contribution in [0.4, 0.5) is 18.9 Å². The highest BCUT2D eigenvalue weighted by Gasteiger charge is 2.46. The van der Waals surface area contributed by atoms with Crippen LogP contribution in [-0.2, 0) is 23.0 Å². The zero-order valence-electron chi connectivity index (χ0n) is 18.3. The van der Waals surface area contributed by atoms with E-state index in [1.165, 1.54) is 30.5 Å². The van der Waals surface area contributed by atoms with E-state index >= 15 is 0 Å². The zero-order chi connectivity index (χ0) is 25.4. The smallest absolute Gasteiger partial charge is 0.455 e. The van der Waals surface area contributed by atoms with Gasteiger partial charge in [0, 0.05) is 29.6 Å². The third-order valence-electron chi connectivity index (χ3n) is 5.25. The first-order valence-electron chi connectivity index (χ1n) is 10.5. The van der Waals surface area contributed by atoms with Gasteiger partial charge in [-0.05, 0) is 52.2 Å². The third-order valence-corrected chi connectivity index (χ3v) is 7.13. The molecular weight excluding hydrogens is 551 g/mol. The Morgan fingerprint density at radius 3 is 2.60 bits per heavy atom. The molecule has 0 unspecified atom stereocenters. The van der Waals surface area contributed by atoms with E-state index in [0.29, 0.717) is 27.7 Å². The molecule has 7 nitrogen and oxygen atoms in total. The van der Waals surface area contributed by atoms with Gasteiger partial charge in [-0.1, -0.05) is 25.1 Å². The maximum Gasteiger partial charge on any atom is 0.516 e. The number of rotatable bonds is 7. The number of aryl methyl sites for hydroxylation is 1. The Labute approximate surface area is 206 Å².